The minimum absolute atomic E-state index is 1.15. The number of hydrogen-bond acceptors (Lipinski definition) is 2. The van der Waals surface area contributed by atoms with E-state index in [0.717, 1.165) is 20.8 Å². The molecule has 0 aliphatic heterocycles. The van der Waals surface area contributed by atoms with E-state index < -0.39 is 0 Å². The molecule has 0 bridgehead atoms. The molecule has 2 nitrogen and oxygen atoms in total. The van der Waals surface area contributed by atoms with Crippen LogP contribution < -0.4 is 0 Å². The van der Waals surface area contributed by atoms with Gasteiger partial charge in [0.25, 0.3) is 0 Å². The highest BCUT2D eigenvalue weighted by atomic mass is 28.2. The molecule has 0 saturated heterocycles. The third-order valence-electron chi connectivity index (χ3n) is 0.800. The van der Waals surface area contributed by atoms with Crippen LogP contribution in [0.3, 0.4) is 0 Å². The van der Waals surface area contributed by atoms with Crippen molar-refractivity contribution in [2.24, 2.45) is 0 Å². The standard InChI is InChI=1S/C2H12N2Si2/c1-3(5)4(2)6/h1-2,5-6H3. The van der Waals surface area contributed by atoms with Gasteiger partial charge in [0.1, 0.15) is 0 Å². The van der Waals surface area contributed by atoms with E-state index in [9.17, 15) is 0 Å². The molecule has 0 saturated carbocycles. The first kappa shape index (κ1) is 6.35. The van der Waals surface area contributed by atoms with Gasteiger partial charge in [0.05, 0.1) is 20.8 Å². The zero-order chi connectivity index (χ0) is 5.15. The second kappa shape index (κ2) is 2.51. The Kier molecular flexibility index (Phi) is 2.66. The lowest BCUT2D eigenvalue weighted by Gasteiger charge is -2.18. The van der Waals surface area contributed by atoms with Gasteiger partial charge in [-0.2, -0.15) is 0 Å². The van der Waals surface area contributed by atoms with Crippen LogP contribution in [0.2, 0.25) is 0 Å². The van der Waals surface area contributed by atoms with Gasteiger partial charge in [-0.3, -0.25) is 9.35 Å². The molecule has 0 rings (SSSR count). The van der Waals surface area contributed by atoms with Crippen LogP contribution in [0.1, 0.15) is 0 Å². The summed E-state index contributed by atoms with van der Waals surface area (Å²) < 4.78 is 4.40. The molecule has 6 heavy (non-hydrogen) atoms. The highest BCUT2D eigenvalue weighted by molar-refractivity contribution is 6.09. The molecule has 0 spiro atoms. The van der Waals surface area contributed by atoms with Crippen molar-refractivity contribution in [2.45, 2.75) is 0 Å². The SMILES string of the molecule is CN([SiH3])N(C)[SiH3]. The number of rotatable bonds is 1. The Hall–Kier alpha value is 0.354. The molecule has 4 heteroatoms. The average Bonchev–Trinajstić information content (AvgIpc) is 1.36. The maximum Gasteiger partial charge on any atom is 0.0973 e. The minimum Gasteiger partial charge on any atom is -0.285 e. The van der Waals surface area contributed by atoms with E-state index in [4.69, 9.17) is 0 Å². The predicted molar refractivity (Wildman–Crippen MR) is 35.4 cm³/mol. The molecule has 0 aromatic carbocycles. The monoisotopic (exact) mass is 120 g/mol. The summed E-state index contributed by atoms with van der Waals surface area (Å²) in [6, 6.07) is 0. The third-order valence-corrected chi connectivity index (χ3v) is 3.20. The van der Waals surface area contributed by atoms with Crippen molar-refractivity contribution >= 4 is 20.8 Å². The lowest BCUT2D eigenvalue weighted by Crippen LogP contribution is -2.31. The van der Waals surface area contributed by atoms with E-state index in [1.165, 1.54) is 0 Å². The Morgan fingerprint density at radius 3 is 1.17 bits per heavy atom. The van der Waals surface area contributed by atoms with Crippen LogP contribution >= 0.6 is 0 Å². The van der Waals surface area contributed by atoms with E-state index in [-0.39, 0.29) is 0 Å². The molecular weight excluding hydrogens is 108 g/mol. The van der Waals surface area contributed by atoms with Gasteiger partial charge < -0.3 is 0 Å². The zero-order valence-electron chi connectivity index (χ0n) is 4.89. The van der Waals surface area contributed by atoms with Gasteiger partial charge in [-0.1, -0.05) is 0 Å². The van der Waals surface area contributed by atoms with E-state index in [0.29, 0.717) is 0 Å². The molecule has 0 aromatic rings. The Bertz CT molecular complexity index is 30.5. The fourth-order valence-electron chi connectivity index (χ4n) is 0. The first-order chi connectivity index (χ1) is 2.64. The van der Waals surface area contributed by atoms with E-state index >= 15 is 0 Å². The highest BCUT2D eigenvalue weighted by Gasteiger charge is 1.84. The number of hydrogen-bond donors (Lipinski definition) is 0. The third kappa shape index (κ3) is 2.58. The summed E-state index contributed by atoms with van der Waals surface area (Å²) in [5.41, 5.74) is 0. The van der Waals surface area contributed by atoms with Crippen LogP contribution in [0.15, 0.2) is 0 Å². The Balaban J connectivity index is 2.99. The van der Waals surface area contributed by atoms with Gasteiger partial charge in [-0.15, -0.1) is 0 Å². The molecule has 0 unspecified atom stereocenters. The first-order valence-electron chi connectivity index (χ1n) is 1.99. The number of hydrazine groups is 1. The van der Waals surface area contributed by atoms with E-state index in [1.54, 1.807) is 0 Å². The molecule has 0 atom stereocenters. The Labute approximate surface area is 45.1 Å². The second-order valence-corrected chi connectivity index (χ2v) is 4.28. The van der Waals surface area contributed by atoms with Crippen molar-refractivity contribution in [3.05, 3.63) is 0 Å². The smallest absolute Gasteiger partial charge is 0.0973 e. The van der Waals surface area contributed by atoms with Crippen LogP contribution in [0.4, 0.5) is 0 Å². The molecule has 0 aromatic heterocycles. The minimum atomic E-state index is 1.15. The summed E-state index contributed by atoms with van der Waals surface area (Å²) in [6.45, 7) is 0. The fourth-order valence-corrected chi connectivity index (χ4v) is 0. The normalized spacial score (nSPS) is 12.0. The summed E-state index contributed by atoms with van der Waals surface area (Å²) in [5, 5.41) is 0. The van der Waals surface area contributed by atoms with Crippen molar-refractivity contribution in [1.29, 1.82) is 0 Å². The van der Waals surface area contributed by atoms with Crippen molar-refractivity contribution in [1.82, 2.24) is 9.35 Å². The predicted octanol–water partition coefficient (Wildman–Crippen LogP) is -2.67. The van der Waals surface area contributed by atoms with Gasteiger partial charge in [0.15, 0.2) is 0 Å². The molecule has 0 fully saturated rings. The highest BCUT2D eigenvalue weighted by Crippen LogP contribution is 1.69. The quantitative estimate of drug-likeness (QED) is 0.275. The van der Waals surface area contributed by atoms with E-state index in [1.807, 2.05) is 0 Å². The van der Waals surface area contributed by atoms with Crippen molar-refractivity contribution in [2.75, 3.05) is 14.1 Å². The molecule has 0 aliphatic carbocycles. The topological polar surface area (TPSA) is 6.48 Å². The maximum atomic E-state index is 2.20. The Morgan fingerprint density at radius 1 is 1.00 bits per heavy atom. The molecule has 0 N–H and O–H groups in total. The summed E-state index contributed by atoms with van der Waals surface area (Å²) in [7, 11) is 6.49. The molecule has 0 radical (unpaired) electrons. The van der Waals surface area contributed by atoms with Crippen LogP contribution in [0.5, 0.6) is 0 Å². The lowest BCUT2D eigenvalue weighted by atomic mass is 11.4. The molecular formula is C2H12N2Si2. The maximum absolute atomic E-state index is 2.20. The van der Waals surface area contributed by atoms with Gasteiger partial charge in [-0.05, 0) is 14.1 Å². The van der Waals surface area contributed by atoms with Crippen LogP contribution in [-0.4, -0.2) is 44.3 Å². The van der Waals surface area contributed by atoms with Gasteiger partial charge in [-0.25, -0.2) is 0 Å². The molecule has 38 valence electrons. The van der Waals surface area contributed by atoms with Crippen molar-refractivity contribution in [3.63, 3.8) is 0 Å². The fraction of sp³-hybridized carbons (Fsp3) is 1.00. The van der Waals surface area contributed by atoms with Gasteiger partial charge in [0, 0.05) is 0 Å². The molecule has 0 aliphatic rings. The number of nitrogens with zero attached hydrogens (tertiary/aromatic N) is 2. The lowest BCUT2D eigenvalue weighted by molar-refractivity contribution is 0.257. The summed E-state index contributed by atoms with van der Waals surface area (Å²) in [4.78, 5) is 0. The largest absolute Gasteiger partial charge is 0.285 e. The zero-order valence-corrected chi connectivity index (χ0v) is 8.89. The van der Waals surface area contributed by atoms with Gasteiger partial charge >= 0.3 is 0 Å². The Morgan fingerprint density at radius 2 is 1.17 bits per heavy atom. The van der Waals surface area contributed by atoms with Crippen molar-refractivity contribution < 1.29 is 0 Å². The van der Waals surface area contributed by atoms with Crippen LogP contribution in [-0.2, 0) is 0 Å². The first-order valence-corrected chi connectivity index (χ1v) is 3.78. The second-order valence-electron chi connectivity index (χ2n) is 1.69. The molecule has 0 amide bonds. The van der Waals surface area contributed by atoms with E-state index in [2.05, 4.69) is 23.4 Å². The molecule has 0 heterocycles. The summed E-state index contributed by atoms with van der Waals surface area (Å²) >= 11 is 0. The van der Waals surface area contributed by atoms with Crippen molar-refractivity contribution in [3.8, 4) is 0 Å². The summed E-state index contributed by atoms with van der Waals surface area (Å²) in [6.07, 6.45) is 0. The van der Waals surface area contributed by atoms with Crippen LogP contribution in [0.25, 0.3) is 0 Å². The van der Waals surface area contributed by atoms with Crippen LogP contribution in [0, 0.1) is 0 Å². The average molecular weight is 120 g/mol. The van der Waals surface area contributed by atoms with Gasteiger partial charge in [0.2, 0.25) is 0 Å². The summed E-state index contributed by atoms with van der Waals surface area (Å²) in [5.74, 6) is 0.